The quantitative estimate of drug-likeness (QED) is 0.429. The highest BCUT2D eigenvalue weighted by Gasteiger charge is 2.21. The molecule has 2 heterocycles. The molecule has 0 amide bonds. The van der Waals surface area contributed by atoms with Crippen LogP contribution in [0.25, 0.3) is 10.8 Å². The molecule has 0 unspecified atom stereocenters. The Labute approximate surface area is 146 Å². The maximum atomic E-state index is 12.6. The first-order chi connectivity index (χ1) is 12.0. The van der Waals surface area contributed by atoms with Crippen molar-refractivity contribution < 1.29 is 0 Å². The van der Waals surface area contributed by atoms with Crippen LogP contribution in [0.1, 0.15) is 5.69 Å². The standard InChI is InChI=1S/C17H13N5O2S/c1-9-14(25)17(24)22-15(18)13(16(23)21(9)22)20-19-12-8-4-6-10-5-2-3-7-11(10)12/h2-8,25H,18H2,1H3. The number of rotatable bonds is 2. The number of fused-ring (bicyclic) bond motifs is 2. The molecule has 0 aliphatic heterocycles. The van der Waals surface area contributed by atoms with Crippen molar-refractivity contribution in [3.8, 4) is 0 Å². The second kappa shape index (κ2) is 5.45. The molecule has 4 rings (SSSR count). The Morgan fingerprint density at radius 2 is 1.68 bits per heavy atom. The van der Waals surface area contributed by atoms with Crippen LogP contribution in [0.4, 0.5) is 17.2 Å². The molecule has 8 heteroatoms. The fourth-order valence-electron chi connectivity index (χ4n) is 2.86. The fraction of sp³-hybridized carbons (Fsp3) is 0.0588. The summed E-state index contributed by atoms with van der Waals surface area (Å²) in [7, 11) is 0. The number of hydrogen-bond acceptors (Lipinski definition) is 6. The molecule has 124 valence electrons. The third-order valence-corrected chi connectivity index (χ3v) is 4.66. The van der Waals surface area contributed by atoms with E-state index in [-0.39, 0.29) is 16.4 Å². The van der Waals surface area contributed by atoms with Gasteiger partial charge in [0.1, 0.15) is 0 Å². The largest absolute Gasteiger partial charge is 0.382 e. The highest BCUT2D eigenvalue weighted by atomic mass is 32.1. The number of hydrogen-bond donors (Lipinski definition) is 2. The average Bonchev–Trinajstić information content (AvgIpc) is 3.00. The van der Waals surface area contributed by atoms with Gasteiger partial charge in [-0.25, -0.2) is 4.52 Å². The molecule has 0 aliphatic rings. The number of benzene rings is 2. The van der Waals surface area contributed by atoms with Crippen LogP contribution in [-0.4, -0.2) is 9.03 Å². The van der Waals surface area contributed by atoms with E-state index in [2.05, 4.69) is 22.9 Å². The second-order valence-electron chi connectivity index (χ2n) is 5.60. The third kappa shape index (κ3) is 2.14. The van der Waals surface area contributed by atoms with Crippen LogP contribution < -0.4 is 16.9 Å². The topological polar surface area (TPSA) is 93.7 Å². The monoisotopic (exact) mass is 351 g/mol. The Balaban J connectivity index is 1.92. The van der Waals surface area contributed by atoms with Crippen molar-refractivity contribution in [1.82, 2.24) is 9.03 Å². The zero-order valence-corrected chi connectivity index (χ0v) is 14.1. The predicted octanol–water partition coefficient (Wildman–Crippen LogP) is 2.94. The number of anilines is 1. The van der Waals surface area contributed by atoms with Gasteiger partial charge in [0.25, 0.3) is 5.56 Å². The van der Waals surface area contributed by atoms with Gasteiger partial charge in [-0.3, -0.25) is 9.59 Å². The third-order valence-electron chi connectivity index (χ3n) is 4.15. The molecule has 0 bridgehead atoms. The van der Waals surface area contributed by atoms with Gasteiger partial charge < -0.3 is 5.73 Å². The Morgan fingerprint density at radius 3 is 2.44 bits per heavy atom. The first-order valence-electron chi connectivity index (χ1n) is 7.48. The highest BCUT2D eigenvalue weighted by molar-refractivity contribution is 7.80. The Hall–Kier alpha value is -3.13. The van der Waals surface area contributed by atoms with E-state index >= 15 is 0 Å². The molecular weight excluding hydrogens is 338 g/mol. The van der Waals surface area contributed by atoms with Gasteiger partial charge in [0.05, 0.1) is 16.3 Å². The molecule has 2 N–H and O–H groups in total. The van der Waals surface area contributed by atoms with Crippen LogP contribution >= 0.6 is 12.6 Å². The van der Waals surface area contributed by atoms with Crippen molar-refractivity contribution in [1.29, 1.82) is 0 Å². The molecule has 0 saturated carbocycles. The van der Waals surface area contributed by atoms with Crippen LogP contribution in [0.5, 0.6) is 0 Å². The summed E-state index contributed by atoms with van der Waals surface area (Å²) >= 11 is 4.11. The van der Waals surface area contributed by atoms with E-state index < -0.39 is 11.1 Å². The van der Waals surface area contributed by atoms with Crippen LogP contribution in [-0.2, 0) is 0 Å². The zero-order chi connectivity index (χ0) is 17.7. The van der Waals surface area contributed by atoms with Crippen LogP contribution in [0, 0.1) is 6.92 Å². The molecule has 2 aromatic heterocycles. The van der Waals surface area contributed by atoms with Crippen LogP contribution in [0.2, 0.25) is 0 Å². The maximum Gasteiger partial charge on any atom is 0.301 e. The van der Waals surface area contributed by atoms with Crippen molar-refractivity contribution in [3.63, 3.8) is 0 Å². The van der Waals surface area contributed by atoms with E-state index in [0.717, 1.165) is 19.8 Å². The summed E-state index contributed by atoms with van der Waals surface area (Å²) in [6.45, 7) is 1.62. The summed E-state index contributed by atoms with van der Waals surface area (Å²) in [6, 6.07) is 13.3. The summed E-state index contributed by atoms with van der Waals surface area (Å²) in [5.74, 6) is -0.0533. The summed E-state index contributed by atoms with van der Waals surface area (Å²) in [4.78, 5) is 24.9. The van der Waals surface area contributed by atoms with Gasteiger partial charge in [0, 0.05) is 5.39 Å². The van der Waals surface area contributed by atoms with Gasteiger partial charge in [-0.15, -0.1) is 22.9 Å². The van der Waals surface area contributed by atoms with Gasteiger partial charge in [-0.2, -0.15) is 4.52 Å². The number of nitrogens with zero attached hydrogens (tertiary/aromatic N) is 4. The lowest BCUT2D eigenvalue weighted by atomic mass is 10.1. The molecule has 0 fully saturated rings. The van der Waals surface area contributed by atoms with Crippen LogP contribution in [0.3, 0.4) is 0 Å². The highest BCUT2D eigenvalue weighted by Crippen LogP contribution is 2.28. The van der Waals surface area contributed by atoms with Crippen molar-refractivity contribution >= 4 is 40.6 Å². The molecule has 7 nitrogen and oxygen atoms in total. The molecule has 4 aromatic rings. The average molecular weight is 351 g/mol. The predicted molar refractivity (Wildman–Crippen MR) is 99.1 cm³/mol. The van der Waals surface area contributed by atoms with E-state index in [4.69, 9.17) is 5.73 Å². The van der Waals surface area contributed by atoms with Gasteiger partial charge in [-0.1, -0.05) is 36.4 Å². The molecule has 0 saturated heterocycles. The molecular formula is C17H13N5O2S. The molecule has 0 atom stereocenters. The number of thiol groups is 1. The van der Waals surface area contributed by atoms with Crippen molar-refractivity contribution in [2.45, 2.75) is 11.8 Å². The summed E-state index contributed by atoms with van der Waals surface area (Å²) < 4.78 is 2.23. The second-order valence-corrected chi connectivity index (χ2v) is 6.05. The molecule has 0 aliphatic carbocycles. The van der Waals surface area contributed by atoms with Gasteiger partial charge in [0.15, 0.2) is 11.5 Å². The summed E-state index contributed by atoms with van der Waals surface area (Å²) in [5.41, 5.74) is 5.95. The smallest absolute Gasteiger partial charge is 0.301 e. The maximum absolute atomic E-state index is 12.6. The SMILES string of the molecule is Cc1c(S)c(=O)n2c(N)c(N=Nc3cccc4ccccc34)c(=O)n12. The van der Waals surface area contributed by atoms with Gasteiger partial charge in [0.2, 0.25) is 0 Å². The number of azo groups is 1. The fourth-order valence-corrected chi connectivity index (χ4v) is 3.05. The minimum Gasteiger partial charge on any atom is -0.382 e. The van der Waals surface area contributed by atoms with Crippen LogP contribution in [0.15, 0.2) is 67.2 Å². The summed E-state index contributed by atoms with van der Waals surface area (Å²) in [5, 5.41) is 10.1. The van der Waals surface area contributed by atoms with E-state index in [0.29, 0.717) is 11.4 Å². The lowest BCUT2D eigenvalue weighted by molar-refractivity contribution is 0.793. The Kier molecular flexibility index (Phi) is 3.36. The van der Waals surface area contributed by atoms with Crippen molar-refractivity contribution in [2.75, 3.05) is 5.73 Å². The molecule has 0 radical (unpaired) electrons. The normalized spacial score (nSPS) is 11.9. The van der Waals surface area contributed by atoms with Gasteiger partial charge >= 0.3 is 5.56 Å². The Bertz CT molecular complexity index is 1270. The Morgan fingerprint density at radius 1 is 0.960 bits per heavy atom. The lowest BCUT2D eigenvalue weighted by Gasteiger charge is -1.99. The lowest BCUT2D eigenvalue weighted by Crippen LogP contribution is -2.15. The number of nitrogen functional groups attached to an aromatic ring is 1. The van der Waals surface area contributed by atoms with E-state index in [1.54, 1.807) is 13.0 Å². The van der Waals surface area contributed by atoms with Crippen molar-refractivity contribution in [3.05, 3.63) is 68.9 Å². The minimum atomic E-state index is -0.503. The zero-order valence-electron chi connectivity index (χ0n) is 13.2. The van der Waals surface area contributed by atoms with E-state index in [9.17, 15) is 9.59 Å². The van der Waals surface area contributed by atoms with E-state index in [1.807, 2.05) is 36.4 Å². The molecule has 2 aromatic carbocycles. The number of nitrogens with two attached hydrogens (primary N) is 1. The minimum absolute atomic E-state index is 0.0533. The van der Waals surface area contributed by atoms with E-state index in [1.165, 1.54) is 0 Å². The number of aromatic nitrogens is 2. The van der Waals surface area contributed by atoms with Crippen molar-refractivity contribution in [2.24, 2.45) is 10.2 Å². The van der Waals surface area contributed by atoms with Gasteiger partial charge in [-0.05, 0) is 18.4 Å². The molecule has 25 heavy (non-hydrogen) atoms. The first kappa shape index (κ1) is 15.4. The first-order valence-corrected chi connectivity index (χ1v) is 7.93. The summed E-state index contributed by atoms with van der Waals surface area (Å²) in [6.07, 6.45) is 0. The number of aryl methyl sites for hydroxylation is 1. The molecule has 0 spiro atoms.